The third-order valence-corrected chi connectivity index (χ3v) is 6.51. The van der Waals surface area contributed by atoms with Crippen molar-refractivity contribution in [3.8, 4) is 0 Å². The molecule has 1 amide bonds. The molecule has 2 bridgehead atoms. The summed E-state index contributed by atoms with van der Waals surface area (Å²) in [6.07, 6.45) is 4.98. The summed E-state index contributed by atoms with van der Waals surface area (Å²) in [6.45, 7) is 3.94. The van der Waals surface area contributed by atoms with Gasteiger partial charge in [-0.3, -0.25) is 19.5 Å². The van der Waals surface area contributed by atoms with Gasteiger partial charge < -0.3 is 15.2 Å². The Bertz CT molecular complexity index is 1230. The van der Waals surface area contributed by atoms with Gasteiger partial charge in [-0.15, -0.1) is 0 Å². The number of nitrogens with zero attached hydrogens (tertiary/aromatic N) is 4. The number of aromatic nitrogens is 3. The molecule has 6 heterocycles. The van der Waals surface area contributed by atoms with Gasteiger partial charge in [0.05, 0.1) is 17.4 Å². The third kappa shape index (κ3) is 3.42. The first-order valence-corrected chi connectivity index (χ1v) is 10.9. The molecule has 3 aliphatic heterocycles. The standard InChI is InChI=1S/C23H25FN6O2/c1-3-13-6-19-21(28-22(13)31)20(24)14(8-26-19)10-29-11-16-7-17(12-29)30(16)15-4-5-18(27-9-15)23(32)25-2/h4-6,8-9,16-17H,3,7,10-12H2,1-2H3,(H,25,32)(H,28,31). The number of hydrogen-bond donors (Lipinski definition) is 2. The quantitative estimate of drug-likeness (QED) is 0.634. The summed E-state index contributed by atoms with van der Waals surface area (Å²) < 4.78 is 15.1. The Morgan fingerprint density at radius 1 is 1.22 bits per heavy atom. The average Bonchev–Trinajstić information content (AvgIpc) is 2.81. The van der Waals surface area contributed by atoms with Gasteiger partial charge in [-0.25, -0.2) is 9.37 Å². The molecule has 9 heteroatoms. The maximum absolute atomic E-state index is 15.1. The zero-order valence-electron chi connectivity index (χ0n) is 18.1. The minimum absolute atomic E-state index is 0.177. The molecule has 2 N–H and O–H groups in total. The molecule has 8 nitrogen and oxygen atoms in total. The van der Waals surface area contributed by atoms with E-state index in [1.54, 1.807) is 31.6 Å². The number of aryl methyl sites for hydroxylation is 1. The molecule has 2 unspecified atom stereocenters. The van der Waals surface area contributed by atoms with Gasteiger partial charge in [0.15, 0.2) is 5.82 Å². The predicted molar refractivity (Wildman–Crippen MR) is 119 cm³/mol. The van der Waals surface area contributed by atoms with E-state index in [-0.39, 0.29) is 17.0 Å². The smallest absolute Gasteiger partial charge is 0.269 e. The third-order valence-electron chi connectivity index (χ3n) is 6.51. The molecular formula is C23H25FN6O2. The van der Waals surface area contributed by atoms with Crippen molar-refractivity contribution in [3.05, 3.63) is 63.6 Å². The van der Waals surface area contributed by atoms with Gasteiger partial charge in [0.25, 0.3) is 11.5 Å². The number of halogens is 1. The molecule has 0 aliphatic carbocycles. The number of piperidine rings is 1. The van der Waals surface area contributed by atoms with Gasteiger partial charge in [0, 0.05) is 56.1 Å². The molecule has 6 rings (SSSR count). The van der Waals surface area contributed by atoms with Gasteiger partial charge >= 0.3 is 0 Å². The lowest BCUT2D eigenvalue weighted by atomic mass is 9.86. The predicted octanol–water partition coefficient (Wildman–Crippen LogP) is 1.84. The van der Waals surface area contributed by atoms with E-state index < -0.39 is 5.82 Å². The Hall–Kier alpha value is -3.33. The molecule has 2 atom stereocenters. The summed E-state index contributed by atoms with van der Waals surface area (Å²) in [5.74, 6) is -0.607. The van der Waals surface area contributed by atoms with Crippen LogP contribution >= 0.6 is 0 Å². The molecule has 0 spiro atoms. The molecular weight excluding hydrogens is 411 g/mol. The Kier molecular flexibility index (Phi) is 5.13. The fourth-order valence-electron chi connectivity index (χ4n) is 4.86. The van der Waals surface area contributed by atoms with Crippen molar-refractivity contribution in [2.45, 2.75) is 38.4 Å². The lowest BCUT2D eigenvalue weighted by molar-refractivity contribution is 0.0958. The highest BCUT2D eigenvalue weighted by Gasteiger charge is 2.44. The van der Waals surface area contributed by atoms with Crippen LogP contribution in [-0.4, -0.2) is 58.0 Å². The molecule has 3 saturated heterocycles. The van der Waals surface area contributed by atoms with Crippen molar-refractivity contribution in [2.75, 3.05) is 25.0 Å². The van der Waals surface area contributed by atoms with E-state index in [0.717, 1.165) is 25.2 Å². The number of carbonyl (C=O) groups excluding carboxylic acids is 1. The Balaban J connectivity index is 1.30. The van der Waals surface area contributed by atoms with E-state index in [4.69, 9.17) is 0 Å². The fraction of sp³-hybridized carbons (Fsp3) is 0.391. The highest BCUT2D eigenvalue weighted by Crippen LogP contribution is 2.37. The summed E-state index contributed by atoms with van der Waals surface area (Å²) in [5, 5.41) is 2.57. The van der Waals surface area contributed by atoms with E-state index >= 15 is 4.39 Å². The van der Waals surface area contributed by atoms with Gasteiger partial charge in [-0.2, -0.15) is 0 Å². The molecule has 32 heavy (non-hydrogen) atoms. The number of nitrogens with one attached hydrogen (secondary N) is 2. The topological polar surface area (TPSA) is 94.2 Å². The number of piperazine rings is 1. The highest BCUT2D eigenvalue weighted by molar-refractivity contribution is 5.92. The minimum Gasteiger partial charge on any atom is -0.362 e. The van der Waals surface area contributed by atoms with Crippen LogP contribution in [0.2, 0.25) is 0 Å². The van der Waals surface area contributed by atoms with E-state index in [9.17, 15) is 9.59 Å². The Morgan fingerprint density at radius 2 is 2.00 bits per heavy atom. The van der Waals surface area contributed by atoms with Crippen molar-refractivity contribution < 1.29 is 9.18 Å². The number of carbonyl (C=O) groups is 1. The average molecular weight is 436 g/mol. The number of hydrogen-bond acceptors (Lipinski definition) is 6. The van der Waals surface area contributed by atoms with Crippen molar-refractivity contribution in [1.82, 2.24) is 25.2 Å². The van der Waals surface area contributed by atoms with E-state index in [2.05, 4.69) is 30.1 Å². The largest absolute Gasteiger partial charge is 0.362 e. The van der Waals surface area contributed by atoms with E-state index in [1.807, 2.05) is 13.0 Å². The van der Waals surface area contributed by atoms with Gasteiger partial charge in [0.2, 0.25) is 0 Å². The first-order chi connectivity index (χ1) is 15.5. The van der Waals surface area contributed by atoms with Crippen molar-refractivity contribution >= 4 is 22.6 Å². The molecule has 0 radical (unpaired) electrons. The molecule has 3 aliphatic rings. The van der Waals surface area contributed by atoms with Gasteiger partial charge in [-0.1, -0.05) is 6.92 Å². The Morgan fingerprint density at radius 3 is 2.66 bits per heavy atom. The maximum Gasteiger partial charge on any atom is 0.269 e. The van der Waals surface area contributed by atoms with Crippen LogP contribution in [0.5, 0.6) is 0 Å². The SMILES string of the molecule is CCc1cc2ncc(CN3CC4CC(C3)N4c3ccc(C(=O)NC)nc3)c(F)c2[nH]c1=O. The number of fused-ring (bicyclic) bond motifs is 3. The van der Waals surface area contributed by atoms with Crippen LogP contribution in [0.4, 0.5) is 10.1 Å². The molecule has 0 saturated carbocycles. The summed E-state index contributed by atoms with van der Waals surface area (Å²) in [5.41, 5.74) is 2.88. The highest BCUT2D eigenvalue weighted by atomic mass is 19.1. The zero-order valence-corrected chi connectivity index (χ0v) is 18.1. The second-order valence-electron chi connectivity index (χ2n) is 8.46. The zero-order chi connectivity index (χ0) is 22.4. The van der Waals surface area contributed by atoms with Crippen molar-refractivity contribution in [2.24, 2.45) is 0 Å². The number of rotatable bonds is 5. The molecule has 3 aromatic rings. The maximum atomic E-state index is 15.1. The number of pyridine rings is 3. The van der Waals surface area contributed by atoms with Crippen LogP contribution in [0, 0.1) is 5.82 Å². The second-order valence-corrected chi connectivity index (χ2v) is 8.46. The summed E-state index contributed by atoms with van der Waals surface area (Å²) in [7, 11) is 1.58. The molecule has 3 fully saturated rings. The summed E-state index contributed by atoms with van der Waals surface area (Å²) in [6, 6.07) is 5.98. The monoisotopic (exact) mass is 436 g/mol. The van der Waals surface area contributed by atoms with Crippen LogP contribution in [0.3, 0.4) is 0 Å². The second kappa shape index (κ2) is 7.98. The first-order valence-electron chi connectivity index (χ1n) is 10.9. The number of aromatic amines is 1. The summed E-state index contributed by atoms with van der Waals surface area (Å²) in [4.78, 5) is 39.7. The molecule has 3 aromatic heterocycles. The van der Waals surface area contributed by atoms with Gasteiger partial charge in [0.1, 0.15) is 11.2 Å². The van der Waals surface area contributed by atoms with Crippen LogP contribution < -0.4 is 15.8 Å². The normalized spacial score (nSPS) is 20.3. The fourth-order valence-corrected chi connectivity index (χ4v) is 4.86. The summed E-state index contributed by atoms with van der Waals surface area (Å²) >= 11 is 0. The van der Waals surface area contributed by atoms with Crippen LogP contribution in [0.25, 0.3) is 11.0 Å². The van der Waals surface area contributed by atoms with Crippen LogP contribution in [-0.2, 0) is 13.0 Å². The lowest BCUT2D eigenvalue weighted by Gasteiger charge is -2.57. The number of H-pyrrole nitrogens is 1. The minimum atomic E-state index is -0.403. The lowest BCUT2D eigenvalue weighted by Crippen LogP contribution is -2.68. The van der Waals surface area contributed by atoms with Crippen LogP contribution in [0.1, 0.15) is 35.0 Å². The van der Waals surface area contributed by atoms with Gasteiger partial charge in [-0.05, 0) is 31.0 Å². The first kappa shape index (κ1) is 20.6. The van der Waals surface area contributed by atoms with E-state index in [0.29, 0.717) is 47.4 Å². The van der Waals surface area contributed by atoms with Crippen molar-refractivity contribution in [3.63, 3.8) is 0 Å². The van der Waals surface area contributed by atoms with Crippen molar-refractivity contribution in [1.29, 1.82) is 0 Å². The number of amides is 1. The molecule has 166 valence electrons. The van der Waals surface area contributed by atoms with E-state index in [1.165, 1.54) is 0 Å². The Labute approximate surface area is 184 Å². The molecule has 0 aromatic carbocycles. The van der Waals surface area contributed by atoms with Crippen LogP contribution in [0.15, 0.2) is 35.4 Å². The number of anilines is 1.